The number of halogens is 1. The first-order valence-corrected chi connectivity index (χ1v) is 7.36. The van der Waals surface area contributed by atoms with Crippen LogP contribution in [0.5, 0.6) is 0 Å². The predicted molar refractivity (Wildman–Crippen MR) is 54.6 cm³/mol. The summed E-state index contributed by atoms with van der Waals surface area (Å²) in [5.41, 5.74) is 0. The van der Waals surface area contributed by atoms with Crippen molar-refractivity contribution in [2.75, 3.05) is 0 Å². The molecule has 0 spiro atoms. The summed E-state index contributed by atoms with van der Waals surface area (Å²) in [6.07, 6.45) is 0. The van der Waals surface area contributed by atoms with Gasteiger partial charge in [0.25, 0.3) is 7.38 Å². The molecule has 0 saturated carbocycles. The Labute approximate surface area is 107 Å². The van der Waals surface area contributed by atoms with Crippen LogP contribution in [0.2, 0.25) is 0 Å². The van der Waals surface area contributed by atoms with Crippen molar-refractivity contribution in [2.24, 2.45) is 0 Å². The zero-order valence-corrected chi connectivity index (χ0v) is 8.95. The summed E-state index contributed by atoms with van der Waals surface area (Å²) in [5.74, 6) is 0. The van der Waals surface area contributed by atoms with Crippen LogP contribution in [0.4, 0.5) is 0 Å². The van der Waals surface area contributed by atoms with Gasteiger partial charge in [-0.25, -0.2) is 0 Å². The third-order valence-corrected chi connectivity index (χ3v) is 4.59. The predicted octanol–water partition coefficient (Wildman–Crippen LogP) is 1.43. The maximum absolute atomic E-state index is 11.0. The van der Waals surface area contributed by atoms with Gasteiger partial charge in [-0.1, -0.05) is 0 Å². The maximum atomic E-state index is 11.0. The molecule has 0 aliphatic rings. The summed E-state index contributed by atoms with van der Waals surface area (Å²) in [4.78, 5) is -0.0218. The fourth-order valence-electron chi connectivity index (χ4n) is 0.529. The summed E-state index contributed by atoms with van der Waals surface area (Å²) in [5, 5.41) is 2.94. The van der Waals surface area contributed by atoms with Crippen molar-refractivity contribution in [3.05, 3.63) is 16.8 Å². The van der Waals surface area contributed by atoms with E-state index in [1.54, 1.807) is 5.38 Å². The molecule has 0 aromatic carbocycles. The van der Waals surface area contributed by atoms with Crippen molar-refractivity contribution in [2.45, 2.75) is 4.90 Å². The van der Waals surface area contributed by atoms with Gasteiger partial charge in [-0.15, -0.1) is 0 Å². The second kappa shape index (κ2) is 5.88. The second-order valence-corrected chi connectivity index (χ2v) is 5.96. The van der Waals surface area contributed by atoms with Crippen LogP contribution < -0.4 is 0 Å². The topological polar surface area (TPSA) is 60.4 Å². The molecule has 1 unspecified atom stereocenters. The molecule has 9 heteroatoms. The van der Waals surface area contributed by atoms with Crippen molar-refractivity contribution < 1.29 is 17.0 Å². The first-order valence-electron chi connectivity index (χ1n) is 2.68. The van der Waals surface area contributed by atoms with Crippen LogP contribution >= 0.6 is 30.0 Å². The molecule has 0 saturated heterocycles. The molecule has 1 heterocycles. The van der Waals surface area contributed by atoms with Crippen molar-refractivity contribution >= 4 is 69.6 Å². The first-order chi connectivity index (χ1) is 5.52. The Balaban J connectivity index is 0.00000144. The fraction of sp³-hybridized carbons (Fsp3) is 0. The molecule has 1 rings (SSSR count). The molecule has 0 bridgehead atoms. The van der Waals surface area contributed by atoms with Gasteiger partial charge in [0.1, 0.15) is 4.90 Å². The SMILES string of the molecule is O=[PH](Cl)OS(=O)(=O)c1ccsc1.[NaH]. The molecular weight excluding hydrogens is 266 g/mol. The molecule has 1 atom stereocenters. The van der Waals surface area contributed by atoms with E-state index in [0.29, 0.717) is 0 Å². The van der Waals surface area contributed by atoms with Crippen molar-refractivity contribution in [1.29, 1.82) is 0 Å². The summed E-state index contributed by atoms with van der Waals surface area (Å²) in [6, 6.07) is 1.35. The third kappa shape index (κ3) is 4.44. The van der Waals surface area contributed by atoms with Gasteiger partial charge in [-0.05, 0) is 22.7 Å². The van der Waals surface area contributed by atoms with E-state index in [9.17, 15) is 13.0 Å². The van der Waals surface area contributed by atoms with E-state index in [-0.39, 0.29) is 34.5 Å². The Hall–Kier alpha value is 1.13. The zero-order valence-electron chi connectivity index (χ0n) is 5.56. The van der Waals surface area contributed by atoms with Gasteiger partial charge >= 0.3 is 39.7 Å². The summed E-state index contributed by atoms with van der Waals surface area (Å²) >= 11 is 6.13. The quantitative estimate of drug-likeness (QED) is 0.616. The number of rotatable bonds is 3. The van der Waals surface area contributed by atoms with Crippen LogP contribution in [-0.2, 0) is 18.7 Å². The molecule has 0 radical (unpaired) electrons. The van der Waals surface area contributed by atoms with E-state index in [2.05, 4.69) is 3.97 Å². The zero-order chi connectivity index (χ0) is 9.19. The van der Waals surface area contributed by atoms with Crippen molar-refractivity contribution in [1.82, 2.24) is 0 Å². The standard InChI is InChI=1S/C4H4ClO4PS2.Na.H/c5-10(6)9-12(7,8)4-1-2-11-3-4;;/h1-3,10H;;. The van der Waals surface area contributed by atoms with E-state index in [1.807, 2.05) is 0 Å². The minimum atomic E-state index is -3.90. The third-order valence-electron chi connectivity index (χ3n) is 0.959. The Morgan fingerprint density at radius 1 is 1.54 bits per heavy atom. The average molecular weight is 271 g/mol. The van der Waals surface area contributed by atoms with E-state index < -0.39 is 17.5 Å². The second-order valence-electron chi connectivity index (χ2n) is 1.73. The van der Waals surface area contributed by atoms with Gasteiger partial charge < -0.3 is 0 Å². The van der Waals surface area contributed by atoms with Crippen LogP contribution in [0.15, 0.2) is 21.7 Å². The molecule has 0 aliphatic heterocycles. The average Bonchev–Trinajstić information content (AvgIpc) is 2.32. The molecule has 4 nitrogen and oxygen atoms in total. The Morgan fingerprint density at radius 2 is 2.15 bits per heavy atom. The van der Waals surface area contributed by atoms with Gasteiger partial charge in [0.15, 0.2) is 0 Å². The van der Waals surface area contributed by atoms with Gasteiger partial charge in [0.2, 0.25) is 0 Å². The van der Waals surface area contributed by atoms with Crippen molar-refractivity contribution in [3.8, 4) is 0 Å². The number of hydrogen-bond acceptors (Lipinski definition) is 5. The molecule has 0 aliphatic carbocycles. The van der Waals surface area contributed by atoms with E-state index >= 15 is 0 Å². The summed E-state index contributed by atoms with van der Waals surface area (Å²) in [6.45, 7) is 0. The van der Waals surface area contributed by atoms with E-state index in [1.165, 1.54) is 22.8 Å². The Kier molecular flexibility index (Phi) is 6.39. The molecular formula is C4H5ClNaO4PS2. The van der Waals surface area contributed by atoms with E-state index in [4.69, 9.17) is 11.2 Å². The van der Waals surface area contributed by atoms with Crippen LogP contribution in [0.3, 0.4) is 0 Å². The Bertz CT molecular complexity index is 375. The number of thiophene rings is 1. The normalized spacial score (nSPS) is 13.3. The van der Waals surface area contributed by atoms with Crippen LogP contribution in [-0.4, -0.2) is 38.0 Å². The minimum absolute atomic E-state index is 0. The molecule has 0 amide bonds. The first kappa shape index (κ1) is 14.1. The molecule has 1 aromatic heterocycles. The van der Waals surface area contributed by atoms with Gasteiger partial charge in [0.05, 0.1) is 0 Å². The van der Waals surface area contributed by atoms with E-state index in [0.717, 1.165) is 0 Å². The monoisotopic (exact) mass is 270 g/mol. The van der Waals surface area contributed by atoms with Crippen LogP contribution in [0.1, 0.15) is 0 Å². The van der Waals surface area contributed by atoms with Gasteiger partial charge in [0, 0.05) is 5.38 Å². The van der Waals surface area contributed by atoms with Gasteiger partial charge in [-0.3, -0.25) is 4.57 Å². The summed E-state index contributed by atoms with van der Waals surface area (Å²) < 4.78 is 36.4. The van der Waals surface area contributed by atoms with Crippen LogP contribution in [0, 0.1) is 0 Å². The Morgan fingerprint density at radius 3 is 2.54 bits per heavy atom. The fourth-order valence-corrected chi connectivity index (χ4v) is 3.83. The van der Waals surface area contributed by atoms with Crippen molar-refractivity contribution in [3.63, 3.8) is 0 Å². The molecule has 70 valence electrons. The number of hydrogen-bond donors (Lipinski definition) is 0. The van der Waals surface area contributed by atoms with Crippen LogP contribution in [0.25, 0.3) is 0 Å². The molecule has 13 heavy (non-hydrogen) atoms. The molecule has 0 N–H and O–H groups in total. The van der Waals surface area contributed by atoms with Gasteiger partial charge in [-0.2, -0.15) is 23.7 Å². The molecule has 0 fully saturated rings. The summed E-state index contributed by atoms with van der Waals surface area (Å²) in [7, 11) is -6.88. The molecule has 1 aromatic rings.